The lowest BCUT2D eigenvalue weighted by atomic mass is 10.2. The van der Waals surface area contributed by atoms with E-state index < -0.39 is 10.0 Å². The number of carbonyl (C=O) groups excluding carboxylic acids is 1. The summed E-state index contributed by atoms with van der Waals surface area (Å²) in [5.74, 6) is -0.151. The quantitative estimate of drug-likeness (QED) is 0.885. The number of rotatable bonds is 2. The van der Waals surface area contributed by atoms with E-state index in [1.54, 1.807) is 11.0 Å². The number of nitrogens with two attached hydrogens (primary N) is 1. The zero-order chi connectivity index (χ0) is 14.2. The maximum atomic E-state index is 12.3. The Morgan fingerprint density at radius 1 is 1.47 bits per heavy atom. The van der Waals surface area contributed by atoms with Crippen molar-refractivity contribution in [3.8, 4) is 0 Å². The Hall–Kier alpha value is -0.920. The normalized spacial score (nSPS) is 19.7. The van der Waals surface area contributed by atoms with E-state index in [9.17, 15) is 13.2 Å². The molecule has 0 saturated carbocycles. The Labute approximate surface area is 121 Å². The van der Waals surface area contributed by atoms with Crippen molar-refractivity contribution in [1.82, 2.24) is 4.90 Å². The van der Waals surface area contributed by atoms with Gasteiger partial charge in [0.2, 0.25) is 10.0 Å². The van der Waals surface area contributed by atoms with Crippen LogP contribution in [0, 0.1) is 0 Å². The summed E-state index contributed by atoms with van der Waals surface area (Å²) in [6, 6.07) is 4.65. The second-order valence-electron chi connectivity index (χ2n) is 4.68. The van der Waals surface area contributed by atoms with Gasteiger partial charge in [-0.15, -0.1) is 0 Å². The van der Waals surface area contributed by atoms with Gasteiger partial charge in [-0.05, 0) is 53.9 Å². The molecular formula is C12H15BrN2O3S. The highest BCUT2D eigenvalue weighted by Crippen LogP contribution is 2.25. The summed E-state index contributed by atoms with van der Waals surface area (Å²) in [7, 11) is -3.84. The molecule has 1 aliphatic rings. The van der Waals surface area contributed by atoms with Gasteiger partial charge in [-0.25, -0.2) is 13.6 Å². The topological polar surface area (TPSA) is 80.5 Å². The van der Waals surface area contributed by atoms with E-state index in [2.05, 4.69) is 15.9 Å². The lowest BCUT2D eigenvalue weighted by molar-refractivity contribution is 0.0747. The van der Waals surface area contributed by atoms with Gasteiger partial charge in [0.1, 0.15) is 0 Å². The van der Waals surface area contributed by atoms with Gasteiger partial charge in [0.05, 0.1) is 4.90 Å². The molecule has 0 radical (unpaired) electrons. The van der Waals surface area contributed by atoms with Crippen molar-refractivity contribution in [3.63, 3.8) is 0 Å². The molecular weight excluding hydrogens is 332 g/mol. The number of hydrogen-bond donors (Lipinski definition) is 1. The van der Waals surface area contributed by atoms with Crippen LogP contribution in [-0.2, 0) is 10.0 Å². The van der Waals surface area contributed by atoms with E-state index >= 15 is 0 Å². The Bertz CT molecular complexity index is 615. The minimum atomic E-state index is -3.84. The third kappa shape index (κ3) is 2.98. The maximum absolute atomic E-state index is 12.3. The second-order valence-corrected chi connectivity index (χ2v) is 7.06. The van der Waals surface area contributed by atoms with Crippen LogP contribution < -0.4 is 5.14 Å². The molecule has 1 fully saturated rings. The minimum Gasteiger partial charge on any atom is -0.336 e. The van der Waals surface area contributed by atoms with Crippen molar-refractivity contribution >= 4 is 31.9 Å². The first-order valence-electron chi connectivity index (χ1n) is 5.94. The summed E-state index contributed by atoms with van der Waals surface area (Å²) in [6.45, 7) is 2.70. The van der Waals surface area contributed by atoms with Crippen LogP contribution in [0.4, 0.5) is 0 Å². The molecule has 1 unspecified atom stereocenters. The Morgan fingerprint density at radius 3 is 2.68 bits per heavy atom. The Balaban J connectivity index is 2.39. The molecule has 19 heavy (non-hydrogen) atoms. The minimum absolute atomic E-state index is 0.0646. The van der Waals surface area contributed by atoms with Crippen molar-refractivity contribution in [1.29, 1.82) is 0 Å². The summed E-state index contributed by atoms with van der Waals surface area (Å²) < 4.78 is 23.2. The molecule has 0 aliphatic carbocycles. The van der Waals surface area contributed by atoms with Crippen LogP contribution in [0.5, 0.6) is 0 Å². The van der Waals surface area contributed by atoms with E-state index in [-0.39, 0.29) is 16.8 Å². The fourth-order valence-electron chi connectivity index (χ4n) is 2.26. The molecule has 0 spiro atoms. The molecule has 7 heteroatoms. The summed E-state index contributed by atoms with van der Waals surface area (Å²) in [5, 5.41) is 5.12. The zero-order valence-corrected chi connectivity index (χ0v) is 12.9. The van der Waals surface area contributed by atoms with Crippen LogP contribution in [0.25, 0.3) is 0 Å². The first-order chi connectivity index (χ1) is 8.80. The van der Waals surface area contributed by atoms with Crippen LogP contribution in [0.1, 0.15) is 30.1 Å². The SMILES string of the molecule is CC1CCCN1C(=O)c1ccc(Br)c(S(N)(=O)=O)c1. The number of sulfonamides is 1. The van der Waals surface area contributed by atoms with Gasteiger partial charge in [0, 0.05) is 22.6 Å². The molecule has 5 nitrogen and oxygen atoms in total. The van der Waals surface area contributed by atoms with Gasteiger partial charge in [-0.1, -0.05) is 0 Å². The van der Waals surface area contributed by atoms with Gasteiger partial charge in [-0.3, -0.25) is 4.79 Å². The predicted molar refractivity (Wildman–Crippen MR) is 75.2 cm³/mol. The van der Waals surface area contributed by atoms with Crippen molar-refractivity contribution in [2.45, 2.75) is 30.7 Å². The Kier molecular flexibility index (Phi) is 3.98. The number of halogens is 1. The van der Waals surface area contributed by atoms with Crippen LogP contribution in [0.15, 0.2) is 27.6 Å². The number of likely N-dealkylation sites (tertiary alicyclic amines) is 1. The number of carbonyl (C=O) groups is 1. The van der Waals surface area contributed by atoms with Gasteiger partial charge in [-0.2, -0.15) is 0 Å². The molecule has 0 bridgehead atoms. The number of nitrogens with zero attached hydrogens (tertiary/aromatic N) is 1. The van der Waals surface area contributed by atoms with E-state index in [4.69, 9.17) is 5.14 Å². The van der Waals surface area contributed by atoms with Crippen LogP contribution in [-0.4, -0.2) is 31.8 Å². The molecule has 1 saturated heterocycles. The lowest BCUT2D eigenvalue weighted by Crippen LogP contribution is -2.33. The molecule has 1 heterocycles. The predicted octanol–water partition coefficient (Wildman–Crippen LogP) is 1.72. The molecule has 2 N–H and O–H groups in total. The van der Waals surface area contributed by atoms with E-state index in [0.717, 1.165) is 12.8 Å². The molecule has 104 valence electrons. The number of hydrogen-bond acceptors (Lipinski definition) is 3. The molecule has 1 amide bonds. The van der Waals surface area contributed by atoms with Crippen LogP contribution in [0.3, 0.4) is 0 Å². The lowest BCUT2D eigenvalue weighted by Gasteiger charge is -2.21. The summed E-state index contributed by atoms with van der Waals surface area (Å²) in [6.07, 6.45) is 1.95. The van der Waals surface area contributed by atoms with E-state index in [1.807, 2.05) is 6.92 Å². The van der Waals surface area contributed by atoms with E-state index in [0.29, 0.717) is 16.6 Å². The smallest absolute Gasteiger partial charge is 0.254 e. The average Bonchev–Trinajstić information content (AvgIpc) is 2.73. The summed E-state index contributed by atoms with van der Waals surface area (Å²) >= 11 is 3.13. The van der Waals surface area contributed by atoms with Gasteiger partial charge in [0.15, 0.2) is 0 Å². The summed E-state index contributed by atoms with van der Waals surface area (Å²) in [4.78, 5) is 14.0. The summed E-state index contributed by atoms with van der Waals surface area (Å²) in [5.41, 5.74) is 0.348. The van der Waals surface area contributed by atoms with E-state index in [1.165, 1.54) is 12.1 Å². The monoisotopic (exact) mass is 346 g/mol. The number of primary sulfonamides is 1. The maximum Gasteiger partial charge on any atom is 0.254 e. The van der Waals surface area contributed by atoms with Crippen molar-refractivity contribution < 1.29 is 13.2 Å². The highest BCUT2D eigenvalue weighted by Gasteiger charge is 2.27. The van der Waals surface area contributed by atoms with Crippen LogP contribution in [0.2, 0.25) is 0 Å². The third-order valence-electron chi connectivity index (χ3n) is 3.30. The number of benzene rings is 1. The van der Waals surface area contributed by atoms with Gasteiger partial charge >= 0.3 is 0 Å². The third-order valence-corrected chi connectivity index (χ3v) is 5.20. The molecule has 1 atom stereocenters. The zero-order valence-electron chi connectivity index (χ0n) is 10.5. The van der Waals surface area contributed by atoms with Crippen LogP contribution >= 0.6 is 15.9 Å². The van der Waals surface area contributed by atoms with Crippen molar-refractivity contribution in [2.75, 3.05) is 6.54 Å². The first kappa shape index (κ1) is 14.5. The molecule has 0 aromatic heterocycles. The van der Waals surface area contributed by atoms with Crippen molar-refractivity contribution in [2.24, 2.45) is 5.14 Å². The molecule has 1 aliphatic heterocycles. The largest absolute Gasteiger partial charge is 0.336 e. The Morgan fingerprint density at radius 2 is 2.16 bits per heavy atom. The molecule has 2 rings (SSSR count). The highest BCUT2D eigenvalue weighted by molar-refractivity contribution is 9.10. The standard InChI is InChI=1S/C12H15BrN2O3S/c1-8-3-2-6-15(8)12(16)9-4-5-10(13)11(7-9)19(14,17)18/h4-5,7-8H,2-3,6H2,1H3,(H2,14,17,18). The van der Waals surface area contributed by atoms with Crippen molar-refractivity contribution in [3.05, 3.63) is 28.2 Å². The highest BCUT2D eigenvalue weighted by atomic mass is 79.9. The fraction of sp³-hybridized carbons (Fsp3) is 0.417. The number of amides is 1. The average molecular weight is 347 g/mol. The fourth-order valence-corrected chi connectivity index (χ4v) is 3.81. The molecule has 1 aromatic carbocycles. The van der Waals surface area contributed by atoms with Gasteiger partial charge in [0.25, 0.3) is 5.91 Å². The second kappa shape index (κ2) is 5.22. The molecule has 1 aromatic rings. The van der Waals surface area contributed by atoms with Gasteiger partial charge < -0.3 is 4.90 Å². The first-order valence-corrected chi connectivity index (χ1v) is 8.28.